The highest BCUT2D eigenvalue weighted by Crippen LogP contribution is 2.37. The molecule has 0 atom stereocenters. The van der Waals surface area contributed by atoms with Crippen LogP contribution in [0.3, 0.4) is 0 Å². The number of allylic oxidation sites excluding steroid dienone is 1. The normalized spacial score (nSPS) is 16.9. The van der Waals surface area contributed by atoms with E-state index in [0.717, 1.165) is 11.1 Å². The minimum Gasteiger partial charge on any atom is -0.465 e. The van der Waals surface area contributed by atoms with Crippen molar-refractivity contribution >= 4 is 23.6 Å². The smallest absolute Gasteiger partial charge is 0.340 e. The van der Waals surface area contributed by atoms with E-state index in [9.17, 15) is 9.59 Å². The number of rotatable bonds is 3. The van der Waals surface area contributed by atoms with Gasteiger partial charge in [0.2, 0.25) is 6.79 Å². The summed E-state index contributed by atoms with van der Waals surface area (Å²) in [5.74, 6) is 0.434. The van der Waals surface area contributed by atoms with Gasteiger partial charge < -0.3 is 14.2 Å². The largest absolute Gasteiger partial charge is 0.465 e. The van der Waals surface area contributed by atoms with Gasteiger partial charge in [-0.3, -0.25) is 9.69 Å². The average Bonchev–Trinajstić information content (AvgIpc) is 3.25. The number of carbonyl (C=O) groups is 2. The summed E-state index contributed by atoms with van der Waals surface area (Å²) in [5.41, 5.74) is 3.58. The van der Waals surface area contributed by atoms with Crippen LogP contribution in [-0.2, 0) is 14.3 Å². The van der Waals surface area contributed by atoms with Crippen LogP contribution in [0.15, 0.2) is 59.3 Å². The lowest BCUT2D eigenvalue weighted by molar-refractivity contribution is -0.136. The molecule has 6 nitrogen and oxygen atoms in total. The van der Waals surface area contributed by atoms with Crippen molar-refractivity contribution in [3.8, 4) is 11.5 Å². The Kier molecular flexibility index (Phi) is 4.39. The molecule has 0 spiro atoms. The van der Waals surface area contributed by atoms with Gasteiger partial charge in [0.25, 0.3) is 5.91 Å². The number of anilines is 1. The zero-order chi connectivity index (χ0) is 19.8. The molecule has 2 aliphatic heterocycles. The van der Waals surface area contributed by atoms with Crippen LogP contribution in [0.4, 0.5) is 5.69 Å². The lowest BCUT2D eigenvalue weighted by Crippen LogP contribution is -2.24. The van der Waals surface area contributed by atoms with Gasteiger partial charge in [-0.1, -0.05) is 23.8 Å². The highest BCUT2D eigenvalue weighted by molar-refractivity contribution is 6.23. The third-order valence-electron chi connectivity index (χ3n) is 4.79. The van der Waals surface area contributed by atoms with Crippen LogP contribution < -0.4 is 14.4 Å². The Morgan fingerprint density at radius 2 is 1.79 bits per heavy atom. The van der Waals surface area contributed by atoms with Gasteiger partial charge in [-0.25, -0.2) is 4.79 Å². The second-order valence-corrected chi connectivity index (χ2v) is 6.60. The molecule has 2 aromatic carbocycles. The number of ether oxygens (including phenoxy) is 3. The van der Waals surface area contributed by atoms with Gasteiger partial charge >= 0.3 is 5.97 Å². The molecule has 2 aromatic rings. The van der Waals surface area contributed by atoms with Gasteiger partial charge in [0.1, 0.15) is 0 Å². The van der Waals surface area contributed by atoms with Crippen molar-refractivity contribution in [1.82, 2.24) is 0 Å². The topological polar surface area (TPSA) is 65.1 Å². The van der Waals surface area contributed by atoms with Crippen LogP contribution in [-0.4, -0.2) is 25.8 Å². The number of amides is 1. The van der Waals surface area contributed by atoms with E-state index in [0.29, 0.717) is 22.9 Å². The summed E-state index contributed by atoms with van der Waals surface area (Å²) in [6.45, 7) is 3.88. The SMILES string of the molecule is COC(=O)C1=C(C)N(c2ccc(C)cc2)C(=O)C1=Cc1ccc2c(c1)OCO2. The van der Waals surface area contributed by atoms with E-state index >= 15 is 0 Å². The van der Waals surface area contributed by atoms with Crippen molar-refractivity contribution in [2.75, 3.05) is 18.8 Å². The second-order valence-electron chi connectivity index (χ2n) is 6.60. The number of esters is 1. The lowest BCUT2D eigenvalue weighted by atomic mass is 10.0. The maximum absolute atomic E-state index is 13.2. The zero-order valence-corrected chi connectivity index (χ0v) is 15.8. The molecular formula is C22H19NO5. The molecule has 0 N–H and O–H groups in total. The number of aryl methyl sites for hydroxylation is 1. The quantitative estimate of drug-likeness (QED) is 0.604. The highest BCUT2D eigenvalue weighted by Gasteiger charge is 2.37. The minimum absolute atomic E-state index is 0.169. The molecule has 4 rings (SSSR count). The minimum atomic E-state index is -0.549. The summed E-state index contributed by atoms with van der Waals surface area (Å²) in [4.78, 5) is 27.2. The Bertz CT molecular complexity index is 1030. The Morgan fingerprint density at radius 3 is 2.50 bits per heavy atom. The molecule has 142 valence electrons. The number of fused-ring (bicyclic) bond motifs is 1. The number of benzene rings is 2. The maximum atomic E-state index is 13.2. The monoisotopic (exact) mass is 377 g/mol. The van der Waals surface area contributed by atoms with Crippen molar-refractivity contribution in [3.05, 3.63) is 70.4 Å². The van der Waals surface area contributed by atoms with E-state index in [2.05, 4.69) is 0 Å². The standard InChI is InChI=1S/C22H19NO5/c1-13-4-7-16(8-5-13)23-14(2)20(22(25)26-3)17(21(23)24)10-15-6-9-18-19(11-15)28-12-27-18/h4-11H,12H2,1-3H3. The summed E-state index contributed by atoms with van der Waals surface area (Å²) in [6.07, 6.45) is 1.67. The molecule has 0 aliphatic carbocycles. The molecule has 0 unspecified atom stereocenters. The Morgan fingerprint density at radius 1 is 1.07 bits per heavy atom. The van der Waals surface area contributed by atoms with Gasteiger partial charge in [-0.05, 0) is 49.8 Å². The molecule has 0 aromatic heterocycles. The van der Waals surface area contributed by atoms with Crippen molar-refractivity contribution in [2.45, 2.75) is 13.8 Å². The van der Waals surface area contributed by atoms with Gasteiger partial charge in [-0.2, -0.15) is 0 Å². The summed E-state index contributed by atoms with van der Waals surface area (Å²) >= 11 is 0. The Balaban J connectivity index is 1.80. The van der Waals surface area contributed by atoms with Crippen molar-refractivity contribution in [3.63, 3.8) is 0 Å². The average molecular weight is 377 g/mol. The molecule has 2 heterocycles. The number of methoxy groups -OCH3 is 1. The summed E-state index contributed by atoms with van der Waals surface area (Å²) in [5, 5.41) is 0. The van der Waals surface area contributed by atoms with Crippen LogP contribution in [0.2, 0.25) is 0 Å². The maximum Gasteiger partial charge on any atom is 0.340 e. The number of hydrogen-bond acceptors (Lipinski definition) is 5. The fourth-order valence-corrected chi connectivity index (χ4v) is 3.35. The first-order valence-corrected chi connectivity index (χ1v) is 8.81. The van der Waals surface area contributed by atoms with Crippen molar-refractivity contribution < 1.29 is 23.8 Å². The lowest BCUT2D eigenvalue weighted by Gasteiger charge is -2.18. The van der Waals surface area contributed by atoms with Gasteiger partial charge in [0.15, 0.2) is 11.5 Å². The molecule has 0 radical (unpaired) electrons. The summed E-state index contributed by atoms with van der Waals surface area (Å²) in [6, 6.07) is 12.9. The Hall–Kier alpha value is -3.54. The van der Waals surface area contributed by atoms with Crippen LogP contribution in [0.25, 0.3) is 6.08 Å². The molecule has 0 saturated carbocycles. The third kappa shape index (κ3) is 2.93. The molecule has 0 saturated heterocycles. The zero-order valence-electron chi connectivity index (χ0n) is 15.8. The van der Waals surface area contributed by atoms with Gasteiger partial charge in [0, 0.05) is 11.4 Å². The van der Waals surface area contributed by atoms with Crippen molar-refractivity contribution in [2.24, 2.45) is 0 Å². The van der Waals surface area contributed by atoms with Gasteiger partial charge in [0.05, 0.1) is 18.3 Å². The number of hydrogen-bond donors (Lipinski definition) is 0. The Labute approximate surface area is 162 Å². The summed E-state index contributed by atoms with van der Waals surface area (Å²) in [7, 11) is 1.31. The molecule has 0 fully saturated rings. The summed E-state index contributed by atoms with van der Waals surface area (Å²) < 4.78 is 15.7. The molecule has 1 amide bonds. The first-order valence-electron chi connectivity index (χ1n) is 8.81. The van der Waals surface area contributed by atoms with E-state index < -0.39 is 5.97 Å². The van der Waals surface area contributed by atoms with E-state index in [1.165, 1.54) is 12.0 Å². The van der Waals surface area contributed by atoms with Crippen LogP contribution in [0, 0.1) is 6.92 Å². The first kappa shape index (κ1) is 17.9. The van der Waals surface area contributed by atoms with Crippen LogP contribution in [0.1, 0.15) is 18.1 Å². The molecule has 6 heteroatoms. The highest BCUT2D eigenvalue weighted by atomic mass is 16.7. The predicted molar refractivity (Wildman–Crippen MR) is 104 cm³/mol. The molecule has 0 bridgehead atoms. The van der Waals surface area contributed by atoms with E-state index in [1.54, 1.807) is 25.1 Å². The van der Waals surface area contributed by atoms with Crippen LogP contribution >= 0.6 is 0 Å². The first-order chi connectivity index (χ1) is 13.5. The third-order valence-corrected chi connectivity index (χ3v) is 4.79. The van der Waals surface area contributed by atoms with Gasteiger partial charge in [-0.15, -0.1) is 0 Å². The van der Waals surface area contributed by atoms with E-state index in [-0.39, 0.29) is 23.8 Å². The van der Waals surface area contributed by atoms with E-state index in [1.807, 2.05) is 37.3 Å². The molecular weight excluding hydrogens is 358 g/mol. The molecule has 28 heavy (non-hydrogen) atoms. The van der Waals surface area contributed by atoms with Crippen LogP contribution in [0.5, 0.6) is 11.5 Å². The number of carbonyl (C=O) groups excluding carboxylic acids is 2. The van der Waals surface area contributed by atoms with Crippen molar-refractivity contribution in [1.29, 1.82) is 0 Å². The second kappa shape index (κ2) is 6.88. The van der Waals surface area contributed by atoms with E-state index in [4.69, 9.17) is 14.2 Å². The predicted octanol–water partition coefficient (Wildman–Crippen LogP) is 3.60. The fourth-order valence-electron chi connectivity index (χ4n) is 3.35. The fraction of sp³-hybridized carbons (Fsp3) is 0.182. The molecule has 2 aliphatic rings. The number of nitrogens with zero attached hydrogens (tertiary/aromatic N) is 1.